The standard InChI is InChI=1S/C20H20FN3O3S/c1-3-27-16-6-4-5-15(11-16)24-18(25)12-17(19(24)26)28-20(22-2)23-14-9-7-13(21)8-10-14/h4-11,17H,3,12H2,1-2H3,(H,22,23). The lowest BCUT2D eigenvalue weighted by Crippen LogP contribution is -2.31. The molecule has 1 atom stereocenters. The van der Waals surface area contributed by atoms with Crippen LogP contribution < -0.4 is 15.0 Å². The van der Waals surface area contributed by atoms with Crippen LogP contribution in [0.15, 0.2) is 53.5 Å². The second-order valence-corrected chi connectivity index (χ2v) is 7.16. The fourth-order valence-corrected chi connectivity index (χ4v) is 3.76. The number of nitrogens with zero attached hydrogens (tertiary/aromatic N) is 2. The molecule has 1 aliphatic heterocycles. The van der Waals surface area contributed by atoms with Crippen molar-refractivity contribution in [2.75, 3.05) is 23.9 Å². The van der Waals surface area contributed by atoms with Crippen LogP contribution >= 0.6 is 11.8 Å². The predicted octanol–water partition coefficient (Wildman–Crippen LogP) is 3.69. The Balaban J connectivity index is 1.72. The molecule has 0 spiro atoms. The first-order valence-corrected chi connectivity index (χ1v) is 9.65. The number of hydrogen-bond donors (Lipinski definition) is 1. The van der Waals surface area contributed by atoms with Gasteiger partial charge in [-0.15, -0.1) is 0 Å². The van der Waals surface area contributed by atoms with Gasteiger partial charge < -0.3 is 10.1 Å². The van der Waals surface area contributed by atoms with E-state index < -0.39 is 5.25 Å². The second kappa shape index (κ2) is 8.88. The van der Waals surface area contributed by atoms with E-state index in [4.69, 9.17) is 4.74 Å². The van der Waals surface area contributed by atoms with Crippen LogP contribution in [0.1, 0.15) is 13.3 Å². The predicted molar refractivity (Wildman–Crippen MR) is 109 cm³/mol. The lowest BCUT2D eigenvalue weighted by molar-refractivity contribution is -0.121. The molecule has 6 nitrogen and oxygen atoms in total. The molecule has 2 aromatic carbocycles. The number of ether oxygens (including phenoxy) is 1. The van der Waals surface area contributed by atoms with Crippen LogP contribution in [0, 0.1) is 5.82 Å². The van der Waals surface area contributed by atoms with Gasteiger partial charge in [-0.25, -0.2) is 9.29 Å². The molecule has 1 unspecified atom stereocenters. The summed E-state index contributed by atoms with van der Waals surface area (Å²) in [4.78, 5) is 30.6. The molecule has 2 aromatic rings. The zero-order valence-corrected chi connectivity index (χ0v) is 16.3. The van der Waals surface area contributed by atoms with E-state index in [1.165, 1.54) is 28.8 Å². The largest absolute Gasteiger partial charge is 0.494 e. The van der Waals surface area contributed by atoms with E-state index in [1.807, 2.05) is 6.92 Å². The third-order valence-corrected chi connectivity index (χ3v) is 5.21. The Morgan fingerprint density at radius 1 is 1.29 bits per heavy atom. The lowest BCUT2D eigenvalue weighted by Gasteiger charge is -2.16. The Labute approximate surface area is 166 Å². The van der Waals surface area contributed by atoms with Gasteiger partial charge in [0, 0.05) is 25.2 Å². The molecule has 8 heteroatoms. The van der Waals surface area contributed by atoms with Crippen molar-refractivity contribution in [3.8, 4) is 5.75 Å². The van der Waals surface area contributed by atoms with Gasteiger partial charge in [0.15, 0.2) is 5.17 Å². The van der Waals surface area contributed by atoms with Crippen molar-refractivity contribution in [1.82, 2.24) is 0 Å². The van der Waals surface area contributed by atoms with Gasteiger partial charge in [-0.1, -0.05) is 17.8 Å². The average molecular weight is 401 g/mol. The molecule has 28 heavy (non-hydrogen) atoms. The summed E-state index contributed by atoms with van der Waals surface area (Å²) < 4.78 is 18.5. The van der Waals surface area contributed by atoms with Crippen molar-refractivity contribution >= 4 is 40.1 Å². The van der Waals surface area contributed by atoms with Crippen LogP contribution in [0.4, 0.5) is 15.8 Å². The highest BCUT2D eigenvalue weighted by Crippen LogP contribution is 2.32. The molecule has 1 saturated heterocycles. The molecule has 0 aliphatic carbocycles. The van der Waals surface area contributed by atoms with Gasteiger partial charge >= 0.3 is 0 Å². The van der Waals surface area contributed by atoms with E-state index in [1.54, 1.807) is 43.4 Å². The highest BCUT2D eigenvalue weighted by Gasteiger charge is 2.40. The number of aliphatic imine (C=N–C) groups is 1. The number of anilines is 2. The minimum atomic E-state index is -0.588. The zero-order valence-electron chi connectivity index (χ0n) is 15.5. The van der Waals surface area contributed by atoms with E-state index in [9.17, 15) is 14.0 Å². The third-order valence-electron chi connectivity index (χ3n) is 4.04. The first kappa shape index (κ1) is 19.9. The number of carbonyl (C=O) groups is 2. The molecule has 3 rings (SSSR count). The molecule has 146 valence electrons. The minimum Gasteiger partial charge on any atom is -0.494 e. The van der Waals surface area contributed by atoms with E-state index in [0.717, 1.165) is 0 Å². The number of halogens is 1. The topological polar surface area (TPSA) is 71.0 Å². The summed E-state index contributed by atoms with van der Waals surface area (Å²) in [6, 6.07) is 12.7. The third kappa shape index (κ3) is 4.51. The average Bonchev–Trinajstić information content (AvgIpc) is 2.96. The molecule has 1 heterocycles. The monoisotopic (exact) mass is 401 g/mol. The Morgan fingerprint density at radius 2 is 2.04 bits per heavy atom. The highest BCUT2D eigenvalue weighted by atomic mass is 32.2. The molecule has 0 aromatic heterocycles. The van der Waals surface area contributed by atoms with Gasteiger partial charge in [0.25, 0.3) is 0 Å². The Bertz CT molecular complexity index is 902. The lowest BCUT2D eigenvalue weighted by atomic mass is 10.3. The first-order valence-electron chi connectivity index (χ1n) is 8.77. The van der Waals surface area contributed by atoms with Crippen molar-refractivity contribution in [2.24, 2.45) is 4.99 Å². The number of nitrogens with one attached hydrogen (secondary N) is 1. The maximum Gasteiger partial charge on any atom is 0.247 e. The molecule has 1 fully saturated rings. The van der Waals surface area contributed by atoms with Crippen molar-refractivity contribution in [3.05, 3.63) is 54.3 Å². The number of imide groups is 1. The van der Waals surface area contributed by atoms with Crippen LogP contribution in [0.2, 0.25) is 0 Å². The van der Waals surface area contributed by atoms with Crippen molar-refractivity contribution in [2.45, 2.75) is 18.6 Å². The first-order chi connectivity index (χ1) is 13.5. The maximum absolute atomic E-state index is 13.0. The van der Waals surface area contributed by atoms with E-state index in [2.05, 4.69) is 10.3 Å². The molecular weight excluding hydrogens is 381 g/mol. The van der Waals surface area contributed by atoms with E-state index in [-0.39, 0.29) is 24.1 Å². The fraction of sp³-hybridized carbons (Fsp3) is 0.250. The number of amidine groups is 1. The quantitative estimate of drug-likeness (QED) is 0.470. The van der Waals surface area contributed by atoms with Gasteiger partial charge in [0.1, 0.15) is 16.8 Å². The summed E-state index contributed by atoms with van der Waals surface area (Å²) in [6.07, 6.45) is 0.0759. The number of thioether (sulfide) groups is 1. The number of carbonyl (C=O) groups excluding carboxylic acids is 2. The van der Waals surface area contributed by atoms with Crippen molar-refractivity contribution in [3.63, 3.8) is 0 Å². The van der Waals surface area contributed by atoms with Gasteiger partial charge in [-0.2, -0.15) is 0 Å². The van der Waals surface area contributed by atoms with Crippen molar-refractivity contribution < 1.29 is 18.7 Å². The number of benzene rings is 2. The van der Waals surface area contributed by atoms with Crippen LogP contribution in [-0.4, -0.2) is 35.9 Å². The number of rotatable bonds is 5. The Morgan fingerprint density at radius 3 is 2.71 bits per heavy atom. The fourth-order valence-electron chi connectivity index (χ4n) is 2.78. The summed E-state index contributed by atoms with van der Waals surface area (Å²) in [6.45, 7) is 2.36. The SMILES string of the molecule is CCOc1cccc(N2C(=O)CC(SC(=NC)Nc3ccc(F)cc3)C2=O)c1. The summed E-state index contributed by atoms with van der Waals surface area (Å²) >= 11 is 1.18. The highest BCUT2D eigenvalue weighted by molar-refractivity contribution is 8.15. The molecule has 2 amide bonds. The summed E-state index contributed by atoms with van der Waals surface area (Å²) in [5.74, 6) is -0.306. The van der Waals surface area contributed by atoms with E-state index in [0.29, 0.717) is 28.9 Å². The van der Waals surface area contributed by atoms with Crippen LogP contribution in [-0.2, 0) is 9.59 Å². The maximum atomic E-state index is 13.0. The molecule has 0 bridgehead atoms. The molecule has 0 saturated carbocycles. The number of amides is 2. The van der Waals surface area contributed by atoms with Crippen LogP contribution in [0.5, 0.6) is 5.75 Å². The van der Waals surface area contributed by atoms with Gasteiger partial charge in [0.2, 0.25) is 11.8 Å². The second-order valence-electron chi connectivity index (χ2n) is 5.97. The zero-order chi connectivity index (χ0) is 20.1. The van der Waals surface area contributed by atoms with Crippen LogP contribution in [0.25, 0.3) is 0 Å². The minimum absolute atomic E-state index is 0.0759. The summed E-state index contributed by atoms with van der Waals surface area (Å²) in [5.41, 5.74) is 1.14. The van der Waals surface area contributed by atoms with Gasteiger partial charge in [-0.05, 0) is 43.3 Å². The summed E-state index contributed by atoms with van der Waals surface area (Å²) in [7, 11) is 1.59. The Hall–Kier alpha value is -2.87. The molecule has 1 N–H and O–H groups in total. The Kier molecular flexibility index (Phi) is 6.30. The van der Waals surface area contributed by atoms with Gasteiger partial charge in [0.05, 0.1) is 12.3 Å². The smallest absolute Gasteiger partial charge is 0.247 e. The summed E-state index contributed by atoms with van der Waals surface area (Å²) in [5, 5.41) is 2.93. The number of hydrogen-bond acceptors (Lipinski definition) is 5. The normalized spacial score (nSPS) is 17.2. The van der Waals surface area contributed by atoms with Gasteiger partial charge in [-0.3, -0.25) is 14.6 Å². The van der Waals surface area contributed by atoms with E-state index >= 15 is 0 Å². The molecular formula is C20H20FN3O3S. The molecule has 0 radical (unpaired) electrons. The van der Waals surface area contributed by atoms with Crippen molar-refractivity contribution in [1.29, 1.82) is 0 Å². The molecule has 1 aliphatic rings. The van der Waals surface area contributed by atoms with Crippen LogP contribution in [0.3, 0.4) is 0 Å².